The minimum Gasteiger partial charge on any atom is -0.368 e. The lowest BCUT2D eigenvalue weighted by Gasteiger charge is -2.35. The van der Waals surface area contributed by atoms with Crippen LogP contribution in [0, 0.1) is 26.6 Å². The summed E-state index contributed by atoms with van der Waals surface area (Å²) in [5, 5.41) is 3.49. The van der Waals surface area contributed by atoms with Crippen LogP contribution in [-0.4, -0.2) is 45.8 Å². The average molecular weight is 512 g/mol. The SMILES string of the molecule is CCCC(C)=O.CCCc1c(N2CCN[C@@H](C)C2)ccnc1C.CCc1cn2cc(C)nc2c(C)c1F. The van der Waals surface area contributed by atoms with E-state index >= 15 is 0 Å². The number of rotatable bonds is 6. The van der Waals surface area contributed by atoms with Crippen LogP contribution in [0.3, 0.4) is 0 Å². The summed E-state index contributed by atoms with van der Waals surface area (Å²) in [7, 11) is 0. The third-order valence-electron chi connectivity index (χ3n) is 6.53. The number of nitrogens with zero attached hydrogens (tertiary/aromatic N) is 4. The molecule has 4 heterocycles. The van der Waals surface area contributed by atoms with Crippen LogP contribution >= 0.6 is 0 Å². The van der Waals surface area contributed by atoms with Gasteiger partial charge in [-0.25, -0.2) is 9.37 Å². The molecule has 1 N–H and O–H groups in total. The number of hydrogen-bond donors (Lipinski definition) is 1. The molecule has 204 valence electrons. The monoisotopic (exact) mass is 511 g/mol. The molecule has 1 aliphatic heterocycles. The molecule has 0 spiro atoms. The first-order valence-corrected chi connectivity index (χ1v) is 13.7. The van der Waals surface area contributed by atoms with E-state index in [9.17, 15) is 9.18 Å². The molecular weight excluding hydrogens is 465 g/mol. The van der Waals surface area contributed by atoms with Gasteiger partial charge in [0.1, 0.15) is 17.2 Å². The summed E-state index contributed by atoms with van der Waals surface area (Å²) >= 11 is 0. The summed E-state index contributed by atoms with van der Waals surface area (Å²) in [6, 6.07) is 2.75. The van der Waals surface area contributed by atoms with Crippen molar-refractivity contribution in [1.29, 1.82) is 0 Å². The van der Waals surface area contributed by atoms with Gasteiger partial charge in [0, 0.05) is 73.2 Å². The van der Waals surface area contributed by atoms with Gasteiger partial charge in [0.05, 0.1) is 5.69 Å². The maximum Gasteiger partial charge on any atom is 0.142 e. The van der Waals surface area contributed by atoms with Crippen LogP contribution in [-0.2, 0) is 17.6 Å². The highest BCUT2D eigenvalue weighted by molar-refractivity contribution is 5.75. The molecule has 0 bridgehead atoms. The summed E-state index contributed by atoms with van der Waals surface area (Å²) < 4.78 is 15.6. The van der Waals surface area contributed by atoms with Gasteiger partial charge >= 0.3 is 0 Å². The molecule has 3 aromatic rings. The van der Waals surface area contributed by atoms with Gasteiger partial charge in [0.2, 0.25) is 0 Å². The summed E-state index contributed by atoms with van der Waals surface area (Å²) in [4.78, 5) is 21.2. The zero-order valence-electron chi connectivity index (χ0n) is 24.1. The molecule has 37 heavy (non-hydrogen) atoms. The van der Waals surface area contributed by atoms with Crippen LogP contribution in [0.2, 0.25) is 0 Å². The maximum absolute atomic E-state index is 13.7. The number of pyridine rings is 2. The van der Waals surface area contributed by atoms with Crippen molar-refractivity contribution in [3.63, 3.8) is 0 Å². The second-order valence-electron chi connectivity index (χ2n) is 9.96. The van der Waals surface area contributed by atoms with Gasteiger partial charge in [-0.2, -0.15) is 0 Å². The second kappa shape index (κ2) is 14.8. The Kier molecular flexibility index (Phi) is 12.2. The lowest BCUT2D eigenvalue weighted by molar-refractivity contribution is -0.117. The third-order valence-corrected chi connectivity index (χ3v) is 6.53. The normalized spacial score (nSPS) is 15.1. The number of Topliss-reactive ketones (excluding diaryl/α,β-unsaturated/α-hetero) is 1. The van der Waals surface area contributed by atoms with Crippen molar-refractivity contribution < 1.29 is 9.18 Å². The minimum atomic E-state index is -0.120. The molecule has 0 aromatic carbocycles. The van der Waals surface area contributed by atoms with Gasteiger partial charge in [0.15, 0.2) is 0 Å². The first-order chi connectivity index (χ1) is 17.6. The predicted octanol–water partition coefficient (Wildman–Crippen LogP) is 6.17. The quantitative estimate of drug-likeness (QED) is 0.429. The number of aryl methyl sites for hydroxylation is 4. The largest absolute Gasteiger partial charge is 0.368 e. The zero-order valence-corrected chi connectivity index (χ0v) is 24.1. The van der Waals surface area contributed by atoms with E-state index < -0.39 is 0 Å². The molecule has 0 radical (unpaired) electrons. The van der Waals surface area contributed by atoms with Crippen LogP contribution < -0.4 is 10.2 Å². The van der Waals surface area contributed by atoms with E-state index in [0.717, 1.165) is 55.8 Å². The van der Waals surface area contributed by atoms with Gasteiger partial charge in [0.25, 0.3) is 0 Å². The van der Waals surface area contributed by atoms with Crippen LogP contribution in [0.5, 0.6) is 0 Å². The second-order valence-corrected chi connectivity index (χ2v) is 9.96. The number of hydrogen-bond acceptors (Lipinski definition) is 5. The highest BCUT2D eigenvalue weighted by atomic mass is 19.1. The first kappa shape index (κ1) is 30.4. The topological polar surface area (TPSA) is 62.5 Å². The maximum atomic E-state index is 13.7. The van der Waals surface area contributed by atoms with Crippen molar-refractivity contribution in [2.24, 2.45) is 0 Å². The van der Waals surface area contributed by atoms with Crippen molar-refractivity contribution in [3.8, 4) is 0 Å². The van der Waals surface area contributed by atoms with E-state index in [4.69, 9.17) is 0 Å². The van der Waals surface area contributed by atoms with E-state index in [2.05, 4.69) is 47.0 Å². The fourth-order valence-corrected chi connectivity index (χ4v) is 4.64. The molecule has 7 heteroatoms. The highest BCUT2D eigenvalue weighted by Crippen LogP contribution is 2.24. The zero-order chi connectivity index (χ0) is 27.5. The molecule has 0 aliphatic carbocycles. The number of imidazole rings is 1. The molecule has 1 fully saturated rings. The van der Waals surface area contributed by atoms with Gasteiger partial charge in [-0.3, -0.25) is 4.98 Å². The molecule has 1 atom stereocenters. The number of piperazine rings is 1. The number of halogens is 1. The van der Waals surface area contributed by atoms with Crippen LogP contribution in [0.25, 0.3) is 5.65 Å². The van der Waals surface area contributed by atoms with E-state index in [1.807, 2.05) is 43.8 Å². The van der Waals surface area contributed by atoms with Gasteiger partial charge < -0.3 is 19.4 Å². The number of nitrogens with one attached hydrogen (secondary N) is 1. The van der Waals surface area contributed by atoms with Crippen molar-refractivity contribution in [2.75, 3.05) is 24.5 Å². The summed E-state index contributed by atoms with van der Waals surface area (Å²) in [6.07, 6.45) is 10.4. The van der Waals surface area contributed by atoms with Gasteiger partial charge in [-0.05, 0) is 65.5 Å². The lowest BCUT2D eigenvalue weighted by atomic mass is 10.0. The van der Waals surface area contributed by atoms with Gasteiger partial charge in [-0.15, -0.1) is 0 Å². The number of aromatic nitrogens is 3. The summed E-state index contributed by atoms with van der Waals surface area (Å²) in [6.45, 7) is 19.1. The third kappa shape index (κ3) is 8.63. The predicted molar refractivity (Wildman–Crippen MR) is 152 cm³/mol. The number of ketones is 1. The molecular formula is C30H46FN5O. The Balaban J connectivity index is 0.000000217. The summed E-state index contributed by atoms with van der Waals surface area (Å²) in [5.74, 6) is 0.170. The first-order valence-electron chi connectivity index (χ1n) is 13.7. The van der Waals surface area contributed by atoms with E-state index in [1.54, 1.807) is 13.8 Å². The van der Waals surface area contributed by atoms with Crippen molar-refractivity contribution in [1.82, 2.24) is 19.7 Å². The van der Waals surface area contributed by atoms with E-state index in [-0.39, 0.29) is 11.6 Å². The Labute approximate surface area is 222 Å². The molecule has 4 rings (SSSR count). The molecule has 0 unspecified atom stereocenters. The fourth-order valence-electron chi connectivity index (χ4n) is 4.64. The number of fused-ring (bicyclic) bond motifs is 1. The van der Waals surface area contributed by atoms with E-state index in [1.165, 1.54) is 23.4 Å². The number of carbonyl (C=O) groups is 1. The Morgan fingerprint density at radius 3 is 2.46 bits per heavy atom. The molecule has 1 aliphatic rings. The smallest absolute Gasteiger partial charge is 0.142 e. The molecule has 0 saturated carbocycles. The number of carbonyl (C=O) groups excluding carboxylic acids is 1. The Bertz CT molecular complexity index is 1160. The summed E-state index contributed by atoms with van der Waals surface area (Å²) in [5.41, 5.74) is 7.04. The molecule has 0 amide bonds. The fraction of sp³-hybridized carbons (Fsp3) is 0.567. The van der Waals surface area contributed by atoms with Crippen LogP contribution in [0.4, 0.5) is 10.1 Å². The Hall–Kier alpha value is -2.80. The molecule has 6 nitrogen and oxygen atoms in total. The minimum absolute atomic E-state index is 0.120. The van der Waals surface area contributed by atoms with Crippen LogP contribution in [0.1, 0.15) is 82.0 Å². The van der Waals surface area contributed by atoms with Crippen molar-refractivity contribution in [3.05, 3.63) is 58.6 Å². The van der Waals surface area contributed by atoms with Crippen LogP contribution in [0.15, 0.2) is 24.7 Å². The van der Waals surface area contributed by atoms with Crippen molar-refractivity contribution in [2.45, 2.75) is 93.5 Å². The van der Waals surface area contributed by atoms with Gasteiger partial charge in [-0.1, -0.05) is 27.2 Å². The lowest BCUT2D eigenvalue weighted by Crippen LogP contribution is -2.49. The Morgan fingerprint density at radius 1 is 1.16 bits per heavy atom. The average Bonchev–Trinajstić information content (AvgIpc) is 3.24. The number of anilines is 1. The molecule has 3 aromatic heterocycles. The molecule has 1 saturated heterocycles. The highest BCUT2D eigenvalue weighted by Gasteiger charge is 2.19. The van der Waals surface area contributed by atoms with Crippen molar-refractivity contribution >= 4 is 17.1 Å². The Morgan fingerprint density at radius 2 is 1.89 bits per heavy atom. The standard InChI is InChI=1S/C14H23N3.C11H13FN2.C5H10O/c1-4-5-13-12(3)16-7-6-14(13)17-9-8-15-11(2)10-17;1-4-9-6-14-5-7(2)13-11(14)8(3)10(9)12;1-3-4-5(2)6/h6-7,11,15H,4-5,8-10H2,1-3H3;5-6H,4H2,1-3H3;3-4H2,1-2H3/t11-;;/m0../s1. The van der Waals surface area contributed by atoms with E-state index in [0.29, 0.717) is 18.0 Å².